The Morgan fingerprint density at radius 3 is 2.38 bits per heavy atom. The normalized spacial score (nSPS) is 14.4. The summed E-state index contributed by atoms with van der Waals surface area (Å²) in [7, 11) is 3.27. The number of rotatable bonds is 13. The first-order chi connectivity index (χ1) is 19.4. The molecule has 1 aromatic heterocycles. The summed E-state index contributed by atoms with van der Waals surface area (Å²) in [6.07, 6.45) is 2.49. The number of nitrogens with zero attached hydrogens (tertiary/aromatic N) is 3. The summed E-state index contributed by atoms with van der Waals surface area (Å²) in [6, 6.07) is 9.90. The van der Waals surface area contributed by atoms with Gasteiger partial charge in [-0.3, -0.25) is 19.4 Å². The lowest BCUT2D eigenvalue weighted by molar-refractivity contribution is -0.122. The molecular formula is C30H39FN4O5. The Morgan fingerprint density at radius 1 is 0.975 bits per heavy atom. The van der Waals surface area contributed by atoms with Crippen LogP contribution >= 0.6 is 0 Å². The van der Waals surface area contributed by atoms with E-state index in [2.05, 4.69) is 15.1 Å². The first-order valence-electron chi connectivity index (χ1n) is 13.8. The van der Waals surface area contributed by atoms with Gasteiger partial charge in [-0.2, -0.15) is 0 Å². The van der Waals surface area contributed by atoms with E-state index in [1.165, 1.54) is 6.07 Å². The minimum absolute atomic E-state index is 0.0282. The second-order valence-electron chi connectivity index (χ2n) is 9.87. The summed E-state index contributed by atoms with van der Waals surface area (Å²) < 4.78 is 33.3. The summed E-state index contributed by atoms with van der Waals surface area (Å²) in [5, 5.41) is 2.96. The Morgan fingerprint density at radius 2 is 1.70 bits per heavy atom. The zero-order valence-electron chi connectivity index (χ0n) is 23.6. The average Bonchev–Trinajstić information content (AvgIpc) is 2.97. The zero-order chi connectivity index (χ0) is 28.5. The fourth-order valence-corrected chi connectivity index (χ4v) is 4.91. The molecule has 0 radical (unpaired) electrons. The van der Waals surface area contributed by atoms with Gasteiger partial charge in [-0.1, -0.05) is 19.1 Å². The maximum absolute atomic E-state index is 15.2. The molecule has 0 unspecified atom stereocenters. The standard InChI is InChI=1S/C30H39FN4O5/c1-4-18-40-26-10-9-25(31)28-29(26)35(20-24(30(28)37)22-5-7-23(39-3)8-6-22)12-11-32-27(36)21-34-15-13-33(14-16-34)17-19-38-2/h5-10,20H,4,11-19,21H2,1-3H3,(H,32,36). The molecule has 0 spiro atoms. The van der Waals surface area contributed by atoms with Gasteiger partial charge in [0.25, 0.3) is 0 Å². The number of nitrogens with one attached hydrogen (secondary N) is 1. The van der Waals surface area contributed by atoms with Crippen LogP contribution in [0.25, 0.3) is 22.0 Å². The number of carbonyl (C=O) groups excluding carboxylic acids is 1. The SMILES string of the molecule is CCCOc1ccc(F)c2c(=O)c(-c3ccc(OC)cc3)cn(CCNC(=O)CN3CCN(CCOC)CC3)c12. The van der Waals surface area contributed by atoms with Crippen molar-refractivity contribution in [1.29, 1.82) is 0 Å². The number of piperazine rings is 1. The van der Waals surface area contributed by atoms with Crippen molar-refractivity contribution in [1.82, 2.24) is 19.7 Å². The van der Waals surface area contributed by atoms with Crippen LogP contribution < -0.4 is 20.2 Å². The number of amides is 1. The number of halogens is 1. The maximum Gasteiger partial charge on any atom is 0.234 e. The molecule has 9 nitrogen and oxygen atoms in total. The van der Waals surface area contributed by atoms with Gasteiger partial charge >= 0.3 is 0 Å². The van der Waals surface area contributed by atoms with Crippen molar-refractivity contribution in [2.24, 2.45) is 0 Å². The number of benzene rings is 2. The van der Waals surface area contributed by atoms with Gasteiger partial charge in [0.1, 0.15) is 17.3 Å². The molecule has 2 heterocycles. The van der Waals surface area contributed by atoms with Gasteiger partial charge in [0.05, 0.1) is 37.8 Å². The zero-order valence-corrected chi connectivity index (χ0v) is 23.6. The Balaban J connectivity index is 1.53. The number of methoxy groups -OCH3 is 2. The first-order valence-corrected chi connectivity index (χ1v) is 13.8. The lowest BCUT2D eigenvalue weighted by Gasteiger charge is -2.34. The van der Waals surface area contributed by atoms with Gasteiger partial charge in [-0.15, -0.1) is 0 Å². The van der Waals surface area contributed by atoms with Crippen LogP contribution in [0.2, 0.25) is 0 Å². The largest absolute Gasteiger partial charge is 0.497 e. The number of hydrogen-bond donors (Lipinski definition) is 1. The molecule has 3 aromatic rings. The molecule has 10 heteroatoms. The van der Waals surface area contributed by atoms with Gasteiger partial charge < -0.3 is 24.1 Å². The van der Waals surface area contributed by atoms with Crippen LogP contribution in [-0.2, 0) is 16.1 Å². The molecule has 216 valence electrons. The fraction of sp³-hybridized carbons (Fsp3) is 0.467. The molecule has 1 aliphatic heterocycles. The van der Waals surface area contributed by atoms with E-state index >= 15 is 4.39 Å². The van der Waals surface area contributed by atoms with Gasteiger partial charge in [0.15, 0.2) is 5.43 Å². The molecule has 0 bridgehead atoms. The van der Waals surface area contributed by atoms with Crippen LogP contribution in [0.5, 0.6) is 11.5 Å². The number of hydrogen-bond acceptors (Lipinski definition) is 7. The molecule has 0 saturated carbocycles. The van der Waals surface area contributed by atoms with Crippen molar-refractivity contribution >= 4 is 16.8 Å². The fourth-order valence-electron chi connectivity index (χ4n) is 4.91. The van der Waals surface area contributed by atoms with E-state index in [1.807, 2.05) is 6.92 Å². The molecule has 1 aliphatic rings. The molecule has 2 aromatic carbocycles. The Hall–Kier alpha value is -3.47. The van der Waals surface area contributed by atoms with E-state index in [4.69, 9.17) is 14.2 Å². The molecule has 1 amide bonds. The van der Waals surface area contributed by atoms with Crippen molar-refractivity contribution in [3.8, 4) is 22.6 Å². The number of carbonyl (C=O) groups is 1. The minimum atomic E-state index is -0.610. The molecule has 1 N–H and O–H groups in total. The van der Waals surface area contributed by atoms with Crippen LogP contribution in [0.15, 0.2) is 47.4 Å². The molecule has 0 atom stereocenters. The number of pyridine rings is 1. The molecule has 40 heavy (non-hydrogen) atoms. The van der Waals surface area contributed by atoms with E-state index in [9.17, 15) is 9.59 Å². The first kappa shape index (κ1) is 29.5. The van der Waals surface area contributed by atoms with Crippen LogP contribution in [0.1, 0.15) is 13.3 Å². The molecule has 4 rings (SSSR count). The number of fused-ring (bicyclic) bond motifs is 1. The monoisotopic (exact) mass is 554 g/mol. The molecule has 0 aliphatic carbocycles. The quantitative estimate of drug-likeness (QED) is 0.348. The number of aromatic nitrogens is 1. The highest BCUT2D eigenvalue weighted by molar-refractivity contribution is 5.89. The predicted molar refractivity (Wildman–Crippen MR) is 154 cm³/mol. The number of ether oxygens (including phenoxy) is 3. The Kier molecular flexibility index (Phi) is 10.5. The third kappa shape index (κ3) is 7.18. The van der Waals surface area contributed by atoms with Gasteiger partial charge in [-0.05, 0) is 36.2 Å². The predicted octanol–water partition coefficient (Wildman–Crippen LogP) is 2.99. The van der Waals surface area contributed by atoms with Crippen molar-refractivity contribution in [3.05, 3.63) is 58.6 Å². The van der Waals surface area contributed by atoms with Crippen molar-refractivity contribution in [3.63, 3.8) is 0 Å². The van der Waals surface area contributed by atoms with Crippen LogP contribution in [0, 0.1) is 5.82 Å². The van der Waals surface area contributed by atoms with Crippen molar-refractivity contribution in [2.45, 2.75) is 19.9 Å². The summed E-state index contributed by atoms with van der Waals surface area (Å²) >= 11 is 0. The third-order valence-corrected chi connectivity index (χ3v) is 7.12. The summed E-state index contributed by atoms with van der Waals surface area (Å²) in [6.45, 7) is 8.44. The van der Waals surface area contributed by atoms with Crippen LogP contribution in [0.4, 0.5) is 4.39 Å². The van der Waals surface area contributed by atoms with E-state index in [1.54, 1.807) is 55.3 Å². The summed E-state index contributed by atoms with van der Waals surface area (Å²) in [4.78, 5) is 30.8. The van der Waals surface area contributed by atoms with Gasteiger partial charge in [0, 0.05) is 64.7 Å². The molecule has 1 saturated heterocycles. The molecular weight excluding hydrogens is 515 g/mol. The van der Waals surface area contributed by atoms with Gasteiger partial charge in [0.2, 0.25) is 5.91 Å². The van der Waals surface area contributed by atoms with E-state index in [0.29, 0.717) is 61.0 Å². The maximum atomic E-state index is 15.2. The van der Waals surface area contributed by atoms with Crippen molar-refractivity contribution in [2.75, 3.05) is 73.2 Å². The lowest BCUT2D eigenvalue weighted by atomic mass is 10.0. The van der Waals surface area contributed by atoms with Crippen molar-refractivity contribution < 1.29 is 23.4 Å². The smallest absolute Gasteiger partial charge is 0.234 e. The minimum Gasteiger partial charge on any atom is -0.497 e. The second kappa shape index (κ2) is 14.2. The third-order valence-electron chi connectivity index (χ3n) is 7.12. The Labute approximate surface area is 234 Å². The Bertz CT molecular complexity index is 1340. The van der Waals surface area contributed by atoms with E-state index < -0.39 is 11.2 Å². The topological polar surface area (TPSA) is 85.3 Å². The highest BCUT2D eigenvalue weighted by atomic mass is 19.1. The highest BCUT2D eigenvalue weighted by Crippen LogP contribution is 2.29. The molecule has 1 fully saturated rings. The second-order valence-corrected chi connectivity index (χ2v) is 9.87. The summed E-state index contributed by atoms with van der Waals surface area (Å²) in [5.41, 5.74) is 0.982. The highest BCUT2D eigenvalue weighted by Gasteiger charge is 2.20. The average molecular weight is 555 g/mol. The van der Waals surface area contributed by atoms with Crippen LogP contribution in [0.3, 0.4) is 0 Å². The van der Waals surface area contributed by atoms with E-state index in [0.717, 1.165) is 39.1 Å². The van der Waals surface area contributed by atoms with E-state index in [-0.39, 0.29) is 11.3 Å². The van der Waals surface area contributed by atoms with Crippen LogP contribution in [-0.4, -0.2) is 93.5 Å². The summed E-state index contributed by atoms with van der Waals surface area (Å²) in [5.74, 6) is 0.418. The van der Waals surface area contributed by atoms with Gasteiger partial charge in [-0.25, -0.2) is 4.39 Å². The lowest BCUT2D eigenvalue weighted by Crippen LogP contribution is -2.50.